The van der Waals surface area contributed by atoms with E-state index in [-0.39, 0.29) is 11.8 Å². The standard InChI is InChI=1S/C36H35N3O4/c1-4-38-29-14-10-9-11-24(29)28-20-23(15-16-30(28)38)37-35(40)33-25-12-7-8-13-26(25)36(41)39-18-17-22-19-31(42-5-2)32(43-6-3)21-27(22)34(33)39/h7-16,19-21,33-34H,4-6,17-18H2,1-3H3,(H,37,40)/t33-,34-/m1/s1. The zero-order valence-electron chi connectivity index (χ0n) is 24.7. The van der Waals surface area contributed by atoms with E-state index in [1.54, 1.807) is 0 Å². The van der Waals surface area contributed by atoms with Crippen molar-refractivity contribution in [1.82, 2.24) is 9.47 Å². The molecule has 43 heavy (non-hydrogen) atoms. The molecular weight excluding hydrogens is 538 g/mol. The molecule has 5 aromatic rings. The molecule has 0 radical (unpaired) electrons. The van der Waals surface area contributed by atoms with E-state index in [0.29, 0.717) is 43.2 Å². The first-order valence-electron chi connectivity index (χ1n) is 15.2. The lowest BCUT2D eigenvalue weighted by Gasteiger charge is -2.45. The molecule has 0 fully saturated rings. The predicted molar refractivity (Wildman–Crippen MR) is 169 cm³/mol. The maximum atomic E-state index is 14.4. The van der Waals surface area contributed by atoms with Crippen molar-refractivity contribution in [2.75, 3.05) is 25.1 Å². The second kappa shape index (κ2) is 10.8. The third kappa shape index (κ3) is 4.33. The highest BCUT2D eigenvalue weighted by Crippen LogP contribution is 2.48. The quantitative estimate of drug-likeness (QED) is 0.226. The van der Waals surface area contributed by atoms with Crippen molar-refractivity contribution in [3.05, 3.63) is 101 Å². The fourth-order valence-electron chi connectivity index (χ4n) is 7.05. The number of carbonyl (C=O) groups excluding carboxylic acids is 2. The lowest BCUT2D eigenvalue weighted by molar-refractivity contribution is -0.119. The summed E-state index contributed by atoms with van der Waals surface area (Å²) in [6.07, 6.45) is 0.679. The summed E-state index contributed by atoms with van der Waals surface area (Å²) in [7, 11) is 0. The minimum atomic E-state index is -0.604. The average Bonchev–Trinajstić information content (AvgIpc) is 3.34. The Morgan fingerprint density at radius 1 is 0.837 bits per heavy atom. The Bertz CT molecular complexity index is 1890. The number of hydrogen-bond donors (Lipinski definition) is 1. The molecule has 2 aliphatic rings. The van der Waals surface area contributed by atoms with Crippen molar-refractivity contribution in [3.8, 4) is 11.5 Å². The van der Waals surface area contributed by atoms with Gasteiger partial charge in [0, 0.05) is 46.1 Å². The number of carbonyl (C=O) groups is 2. The van der Waals surface area contributed by atoms with Crippen molar-refractivity contribution < 1.29 is 19.1 Å². The molecule has 7 rings (SSSR count). The number of aryl methyl sites for hydroxylation is 1. The number of anilines is 1. The first kappa shape index (κ1) is 27.1. The fraction of sp³-hybridized carbons (Fsp3) is 0.278. The van der Waals surface area contributed by atoms with Gasteiger partial charge >= 0.3 is 0 Å². The van der Waals surface area contributed by atoms with Gasteiger partial charge in [0.1, 0.15) is 0 Å². The van der Waals surface area contributed by atoms with Gasteiger partial charge in [-0.2, -0.15) is 0 Å². The monoisotopic (exact) mass is 573 g/mol. The summed E-state index contributed by atoms with van der Waals surface area (Å²) in [6, 6.07) is 25.5. The van der Waals surface area contributed by atoms with Crippen LogP contribution in [0.15, 0.2) is 78.9 Å². The maximum absolute atomic E-state index is 14.4. The van der Waals surface area contributed by atoms with E-state index in [1.807, 2.05) is 67.3 Å². The number of nitrogens with one attached hydrogen (secondary N) is 1. The van der Waals surface area contributed by atoms with E-state index < -0.39 is 12.0 Å². The second-order valence-electron chi connectivity index (χ2n) is 11.1. The van der Waals surface area contributed by atoms with Crippen LogP contribution in [-0.2, 0) is 17.8 Å². The van der Waals surface area contributed by atoms with Crippen LogP contribution in [0.5, 0.6) is 11.5 Å². The summed E-state index contributed by atoms with van der Waals surface area (Å²) in [5.41, 5.74) is 6.38. The highest BCUT2D eigenvalue weighted by molar-refractivity contribution is 6.10. The Kier molecular flexibility index (Phi) is 6.80. The summed E-state index contributed by atoms with van der Waals surface area (Å²) in [6.45, 7) is 8.41. The van der Waals surface area contributed by atoms with Crippen LogP contribution in [0.4, 0.5) is 5.69 Å². The number of fused-ring (bicyclic) bond motifs is 7. The van der Waals surface area contributed by atoms with Crippen LogP contribution < -0.4 is 14.8 Å². The molecule has 1 aromatic heterocycles. The Balaban J connectivity index is 1.33. The van der Waals surface area contributed by atoms with Gasteiger partial charge in [-0.25, -0.2) is 0 Å². The first-order valence-corrected chi connectivity index (χ1v) is 15.2. The number of amides is 2. The zero-order chi connectivity index (χ0) is 29.7. The lowest BCUT2D eigenvalue weighted by Crippen LogP contribution is -2.49. The van der Waals surface area contributed by atoms with Gasteiger partial charge in [-0.05, 0) is 86.3 Å². The molecule has 0 aliphatic carbocycles. The van der Waals surface area contributed by atoms with Crippen LogP contribution in [0.3, 0.4) is 0 Å². The summed E-state index contributed by atoms with van der Waals surface area (Å²) in [5.74, 6) is 0.532. The lowest BCUT2D eigenvalue weighted by atomic mass is 9.75. The van der Waals surface area contributed by atoms with Crippen molar-refractivity contribution in [3.63, 3.8) is 0 Å². The minimum absolute atomic E-state index is 0.0454. The smallest absolute Gasteiger partial charge is 0.254 e. The zero-order valence-corrected chi connectivity index (χ0v) is 24.7. The highest BCUT2D eigenvalue weighted by Gasteiger charge is 2.46. The van der Waals surface area contributed by atoms with E-state index in [0.717, 1.165) is 45.2 Å². The minimum Gasteiger partial charge on any atom is -0.490 e. The van der Waals surface area contributed by atoms with Crippen LogP contribution >= 0.6 is 0 Å². The van der Waals surface area contributed by atoms with Gasteiger partial charge in [-0.15, -0.1) is 0 Å². The van der Waals surface area contributed by atoms with E-state index in [4.69, 9.17) is 9.47 Å². The van der Waals surface area contributed by atoms with Gasteiger partial charge in [-0.1, -0.05) is 36.4 Å². The number of hydrogen-bond acceptors (Lipinski definition) is 4. The molecule has 2 amide bonds. The normalized spacial score (nSPS) is 17.4. The Hall–Kier alpha value is -4.78. The van der Waals surface area contributed by atoms with Gasteiger partial charge in [0.25, 0.3) is 5.91 Å². The molecule has 2 aliphatic heterocycles. The topological polar surface area (TPSA) is 72.8 Å². The maximum Gasteiger partial charge on any atom is 0.254 e. The highest BCUT2D eigenvalue weighted by atomic mass is 16.5. The molecule has 7 heteroatoms. The van der Waals surface area contributed by atoms with Crippen LogP contribution in [0, 0.1) is 0 Å². The Labute approximate surface area is 251 Å². The van der Waals surface area contributed by atoms with Gasteiger partial charge in [0.05, 0.1) is 25.2 Å². The molecule has 7 nitrogen and oxygen atoms in total. The van der Waals surface area contributed by atoms with E-state index in [9.17, 15) is 9.59 Å². The molecule has 0 saturated heterocycles. The largest absolute Gasteiger partial charge is 0.490 e. The van der Waals surface area contributed by atoms with Crippen LogP contribution in [-0.4, -0.2) is 41.0 Å². The average molecular weight is 574 g/mol. The van der Waals surface area contributed by atoms with Crippen molar-refractivity contribution in [1.29, 1.82) is 0 Å². The van der Waals surface area contributed by atoms with Crippen LogP contribution in [0.1, 0.15) is 59.8 Å². The summed E-state index contributed by atoms with van der Waals surface area (Å²) < 4.78 is 14.2. The van der Waals surface area contributed by atoms with Gasteiger partial charge in [0.15, 0.2) is 11.5 Å². The third-order valence-electron chi connectivity index (χ3n) is 8.82. The van der Waals surface area contributed by atoms with E-state index in [1.165, 1.54) is 5.52 Å². The number of rotatable bonds is 7. The van der Waals surface area contributed by atoms with Crippen molar-refractivity contribution >= 4 is 39.3 Å². The van der Waals surface area contributed by atoms with Gasteiger partial charge < -0.3 is 24.3 Å². The molecule has 0 bridgehead atoms. The molecule has 218 valence electrons. The van der Waals surface area contributed by atoms with Crippen molar-refractivity contribution in [2.45, 2.75) is 45.7 Å². The summed E-state index contributed by atoms with van der Waals surface area (Å²) in [4.78, 5) is 30.1. The molecule has 0 spiro atoms. The number of nitrogens with zero attached hydrogens (tertiary/aromatic N) is 2. The van der Waals surface area contributed by atoms with Crippen molar-refractivity contribution in [2.24, 2.45) is 0 Å². The number of para-hydroxylation sites is 1. The van der Waals surface area contributed by atoms with E-state index in [2.05, 4.69) is 47.1 Å². The number of ether oxygens (including phenoxy) is 2. The molecule has 2 atom stereocenters. The fourth-order valence-corrected chi connectivity index (χ4v) is 7.05. The van der Waals surface area contributed by atoms with Crippen LogP contribution in [0.2, 0.25) is 0 Å². The predicted octanol–water partition coefficient (Wildman–Crippen LogP) is 7.09. The number of aromatic nitrogens is 1. The Morgan fingerprint density at radius 3 is 2.35 bits per heavy atom. The third-order valence-corrected chi connectivity index (χ3v) is 8.82. The molecule has 1 N–H and O–H groups in total. The SMILES string of the molecule is CCOc1cc2c(cc1OCC)[C@@H]1[C@H](C(=O)Nc3ccc4c(c3)c3ccccc3n4CC)c3ccccc3C(=O)N1CC2. The first-order chi connectivity index (χ1) is 21.0. The van der Waals surface area contributed by atoms with E-state index >= 15 is 0 Å². The van der Waals surface area contributed by atoms with Gasteiger partial charge in [0.2, 0.25) is 5.91 Å². The van der Waals surface area contributed by atoms with Gasteiger partial charge in [-0.3, -0.25) is 9.59 Å². The molecule has 0 unspecified atom stereocenters. The van der Waals surface area contributed by atoms with Crippen LogP contribution in [0.25, 0.3) is 21.8 Å². The number of benzene rings is 4. The molecule has 4 aromatic carbocycles. The molecule has 0 saturated carbocycles. The molecular formula is C36H35N3O4. The summed E-state index contributed by atoms with van der Waals surface area (Å²) in [5, 5.41) is 5.50. The molecule has 3 heterocycles. The summed E-state index contributed by atoms with van der Waals surface area (Å²) >= 11 is 0. The second-order valence-corrected chi connectivity index (χ2v) is 11.1. The Morgan fingerprint density at radius 2 is 1.56 bits per heavy atom.